The van der Waals surface area contributed by atoms with E-state index in [0.29, 0.717) is 0 Å². The minimum Gasteiger partial charge on any atom is -0.480 e. The van der Waals surface area contributed by atoms with E-state index in [1.807, 2.05) is 0 Å². The number of amides is 1. The summed E-state index contributed by atoms with van der Waals surface area (Å²) in [6, 6.07) is 4.07. The van der Waals surface area contributed by atoms with E-state index >= 15 is 0 Å². The number of carbonyl (C=O) groups excluding carboxylic acids is 1. The summed E-state index contributed by atoms with van der Waals surface area (Å²) in [5.74, 6) is -2.29. The normalized spacial score (nSPS) is 17.6. The Bertz CT molecular complexity index is 545. The maximum Gasteiger partial charge on any atom is 0.329 e. The number of hydrogen-bond donors (Lipinski definition) is 2. The zero-order valence-corrected chi connectivity index (χ0v) is 11.8. The third kappa shape index (κ3) is 2.63. The predicted molar refractivity (Wildman–Crippen MR) is 70.3 cm³/mol. The van der Waals surface area contributed by atoms with Gasteiger partial charge in [-0.05, 0) is 53.7 Å². The molecule has 2 rings (SSSR count). The van der Waals surface area contributed by atoms with Crippen molar-refractivity contribution < 1.29 is 19.1 Å². The van der Waals surface area contributed by atoms with Gasteiger partial charge in [0.05, 0.1) is 10.0 Å². The van der Waals surface area contributed by atoms with Crippen LogP contribution >= 0.6 is 15.9 Å². The number of rotatable bonds is 4. The Kier molecular flexibility index (Phi) is 3.62. The molecule has 0 bridgehead atoms. The van der Waals surface area contributed by atoms with Crippen LogP contribution in [0.4, 0.5) is 4.39 Å². The number of aliphatic carboxylic acids is 1. The van der Waals surface area contributed by atoms with Crippen molar-refractivity contribution in [2.45, 2.75) is 25.3 Å². The first-order valence-electron chi connectivity index (χ1n) is 5.86. The fraction of sp³-hybridized carbons (Fsp3) is 0.385. The molecule has 1 aliphatic rings. The molecule has 1 atom stereocenters. The second-order valence-corrected chi connectivity index (χ2v) is 5.63. The van der Waals surface area contributed by atoms with Crippen LogP contribution in [0.1, 0.15) is 30.1 Å². The van der Waals surface area contributed by atoms with Crippen LogP contribution in [0.3, 0.4) is 0 Å². The highest BCUT2D eigenvalue weighted by Gasteiger charge is 2.48. The third-order valence-corrected chi connectivity index (χ3v) is 4.21. The van der Waals surface area contributed by atoms with Crippen molar-refractivity contribution in [3.8, 4) is 0 Å². The average Bonchev–Trinajstić information content (AvgIpc) is 3.16. The molecule has 0 heterocycles. The van der Waals surface area contributed by atoms with Crippen molar-refractivity contribution in [2.75, 3.05) is 0 Å². The van der Waals surface area contributed by atoms with Crippen LogP contribution in [0.2, 0.25) is 0 Å². The molecule has 1 unspecified atom stereocenters. The van der Waals surface area contributed by atoms with Crippen molar-refractivity contribution in [1.29, 1.82) is 0 Å². The molecular formula is C13H13BrFNO3. The lowest BCUT2D eigenvalue weighted by atomic mass is 9.95. The summed E-state index contributed by atoms with van der Waals surface area (Å²) >= 11 is 2.99. The van der Waals surface area contributed by atoms with Crippen molar-refractivity contribution in [1.82, 2.24) is 5.32 Å². The van der Waals surface area contributed by atoms with E-state index in [0.717, 1.165) is 12.8 Å². The lowest BCUT2D eigenvalue weighted by Gasteiger charge is -2.26. The minimum atomic E-state index is -1.30. The van der Waals surface area contributed by atoms with E-state index in [-0.39, 0.29) is 16.0 Å². The van der Waals surface area contributed by atoms with Gasteiger partial charge in [-0.25, -0.2) is 9.18 Å². The molecule has 0 aliphatic heterocycles. The van der Waals surface area contributed by atoms with Crippen molar-refractivity contribution in [3.05, 3.63) is 34.1 Å². The van der Waals surface area contributed by atoms with Gasteiger partial charge in [-0.1, -0.05) is 6.07 Å². The quantitative estimate of drug-likeness (QED) is 0.892. The molecule has 4 nitrogen and oxygen atoms in total. The number of carboxylic acid groups (broad SMARTS) is 1. The molecule has 6 heteroatoms. The van der Waals surface area contributed by atoms with E-state index in [4.69, 9.17) is 0 Å². The molecule has 1 amide bonds. The Morgan fingerprint density at radius 1 is 1.47 bits per heavy atom. The van der Waals surface area contributed by atoms with Crippen LogP contribution in [-0.4, -0.2) is 22.5 Å². The largest absolute Gasteiger partial charge is 0.480 e. The zero-order valence-electron chi connectivity index (χ0n) is 10.2. The fourth-order valence-corrected chi connectivity index (χ4v) is 2.42. The van der Waals surface area contributed by atoms with Crippen LogP contribution in [0.5, 0.6) is 0 Å². The second kappa shape index (κ2) is 4.92. The SMILES string of the molecule is CC(NC(=O)c1cccc(F)c1Br)(C(=O)O)C1CC1. The van der Waals surface area contributed by atoms with Crippen molar-refractivity contribution in [3.63, 3.8) is 0 Å². The van der Waals surface area contributed by atoms with E-state index < -0.39 is 23.2 Å². The number of nitrogens with one attached hydrogen (secondary N) is 1. The van der Waals surface area contributed by atoms with E-state index in [1.165, 1.54) is 25.1 Å². The molecule has 1 saturated carbocycles. The van der Waals surface area contributed by atoms with E-state index in [9.17, 15) is 19.1 Å². The van der Waals surface area contributed by atoms with Gasteiger partial charge in [0.2, 0.25) is 0 Å². The Labute approximate surface area is 118 Å². The van der Waals surface area contributed by atoms with Gasteiger partial charge in [0, 0.05) is 0 Å². The van der Waals surface area contributed by atoms with Crippen LogP contribution in [0, 0.1) is 11.7 Å². The zero-order chi connectivity index (χ0) is 14.2. The highest BCUT2D eigenvalue weighted by molar-refractivity contribution is 9.10. The monoisotopic (exact) mass is 329 g/mol. The lowest BCUT2D eigenvalue weighted by molar-refractivity contribution is -0.144. The van der Waals surface area contributed by atoms with Gasteiger partial charge in [0.25, 0.3) is 5.91 Å². The van der Waals surface area contributed by atoms with E-state index in [2.05, 4.69) is 21.2 Å². The summed E-state index contributed by atoms with van der Waals surface area (Å²) in [6.07, 6.45) is 1.54. The predicted octanol–water partition coefficient (Wildman–Crippen LogP) is 2.57. The number of benzene rings is 1. The molecule has 1 aromatic carbocycles. The van der Waals surface area contributed by atoms with Gasteiger partial charge in [0.15, 0.2) is 0 Å². The Morgan fingerprint density at radius 3 is 2.63 bits per heavy atom. The number of halogens is 2. The van der Waals surface area contributed by atoms with Gasteiger partial charge in [-0.15, -0.1) is 0 Å². The standard InChI is InChI=1S/C13H13BrFNO3/c1-13(12(18)19,7-5-6-7)16-11(17)8-3-2-4-9(15)10(8)14/h2-4,7H,5-6H2,1H3,(H,16,17)(H,18,19). The van der Waals surface area contributed by atoms with Gasteiger partial charge < -0.3 is 10.4 Å². The molecule has 102 valence electrons. The van der Waals surface area contributed by atoms with Gasteiger partial charge in [0.1, 0.15) is 11.4 Å². The summed E-state index contributed by atoms with van der Waals surface area (Å²) < 4.78 is 13.4. The number of carboxylic acids is 1. The van der Waals surface area contributed by atoms with Gasteiger partial charge >= 0.3 is 5.97 Å². The Hall–Kier alpha value is -1.43. The first-order chi connectivity index (χ1) is 8.86. The summed E-state index contributed by atoms with van der Waals surface area (Å²) in [7, 11) is 0. The van der Waals surface area contributed by atoms with Crippen LogP contribution in [-0.2, 0) is 4.79 Å². The Balaban J connectivity index is 2.25. The highest BCUT2D eigenvalue weighted by atomic mass is 79.9. The number of carbonyl (C=O) groups is 2. The fourth-order valence-electron chi connectivity index (χ4n) is 1.97. The van der Waals surface area contributed by atoms with E-state index in [1.54, 1.807) is 0 Å². The first kappa shape index (κ1) is 14.0. The maximum absolute atomic E-state index is 13.4. The molecule has 1 aliphatic carbocycles. The molecular weight excluding hydrogens is 317 g/mol. The molecule has 19 heavy (non-hydrogen) atoms. The average molecular weight is 330 g/mol. The first-order valence-corrected chi connectivity index (χ1v) is 6.65. The molecule has 2 N–H and O–H groups in total. The lowest BCUT2D eigenvalue weighted by Crippen LogP contribution is -2.54. The van der Waals surface area contributed by atoms with Gasteiger partial charge in [-0.2, -0.15) is 0 Å². The van der Waals surface area contributed by atoms with Crippen LogP contribution in [0.25, 0.3) is 0 Å². The summed E-state index contributed by atoms with van der Waals surface area (Å²) in [5.41, 5.74) is -1.21. The Morgan fingerprint density at radius 2 is 2.11 bits per heavy atom. The molecule has 1 fully saturated rings. The molecule has 0 aromatic heterocycles. The maximum atomic E-state index is 13.4. The summed E-state index contributed by atoms with van der Waals surface area (Å²) in [6.45, 7) is 1.48. The summed E-state index contributed by atoms with van der Waals surface area (Å²) in [5, 5.41) is 11.8. The third-order valence-electron chi connectivity index (χ3n) is 3.41. The van der Waals surface area contributed by atoms with Crippen LogP contribution in [0.15, 0.2) is 22.7 Å². The van der Waals surface area contributed by atoms with Crippen molar-refractivity contribution in [2.24, 2.45) is 5.92 Å². The molecule has 0 radical (unpaired) electrons. The second-order valence-electron chi connectivity index (χ2n) is 4.84. The molecule has 0 saturated heterocycles. The minimum absolute atomic E-state index is 0.0380. The molecule has 1 aromatic rings. The molecule has 0 spiro atoms. The topological polar surface area (TPSA) is 66.4 Å². The smallest absolute Gasteiger partial charge is 0.329 e. The number of hydrogen-bond acceptors (Lipinski definition) is 2. The van der Waals surface area contributed by atoms with Crippen LogP contribution < -0.4 is 5.32 Å². The highest BCUT2D eigenvalue weighted by Crippen LogP contribution is 2.40. The summed E-state index contributed by atoms with van der Waals surface area (Å²) in [4.78, 5) is 23.4. The van der Waals surface area contributed by atoms with Gasteiger partial charge in [-0.3, -0.25) is 4.79 Å². The van der Waals surface area contributed by atoms with Crippen molar-refractivity contribution >= 4 is 27.8 Å².